The van der Waals surface area contributed by atoms with Crippen LogP contribution in [0.4, 0.5) is 5.82 Å². The van der Waals surface area contributed by atoms with Crippen molar-refractivity contribution in [3.05, 3.63) is 84.3 Å². The standard InChI is InChI=1S/C23H20N4O2S/c28-30(29)15-16-5-7-18(8-6-16)22-23(25-12-11-24-22)19-13-27(14-19)21-10-9-17-3-1-2-4-20(17)26-21/h1-12,19H,13-15H2,(H,28,29). The third kappa shape index (κ3) is 3.69. The molecule has 0 aliphatic carbocycles. The smallest absolute Gasteiger partial charge is 0.157 e. The lowest BCUT2D eigenvalue weighted by Crippen LogP contribution is -2.46. The predicted molar refractivity (Wildman–Crippen MR) is 119 cm³/mol. The normalized spacial score (nSPS) is 15.2. The Bertz CT molecular complexity index is 1220. The number of benzene rings is 2. The summed E-state index contributed by atoms with van der Waals surface area (Å²) >= 11 is -1.84. The minimum Gasteiger partial charge on any atom is -0.355 e. The van der Waals surface area contributed by atoms with Gasteiger partial charge in [-0.1, -0.05) is 42.5 Å². The molecule has 3 heterocycles. The maximum absolute atomic E-state index is 11.0. The van der Waals surface area contributed by atoms with Crippen LogP contribution in [-0.2, 0) is 16.8 Å². The summed E-state index contributed by atoms with van der Waals surface area (Å²) < 4.78 is 20.1. The molecule has 1 fully saturated rings. The molecule has 2 aromatic heterocycles. The van der Waals surface area contributed by atoms with Gasteiger partial charge in [-0.2, -0.15) is 0 Å². The molecule has 1 atom stereocenters. The summed E-state index contributed by atoms with van der Waals surface area (Å²) in [6.45, 7) is 1.69. The first kappa shape index (κ1) is 18.8. The van der Waals surface area contributed by atoms with Gasteiger partial charge in [-0.05, 0) is 23.8 Å². The number of aromatic nitrogens is 3. The van der Waals surface area contributed by atoms with E-state index in [1.807, 2.05) is 42.5 Å². The maximum atomic E-state index is 11.0. The van der Waals surface area contributed by atoms with E-state index in [1.54, 1.807) is 12.4 Å². The fraction of sp³-hybridized carbons (Fsp3) is 0.174. The lowest BCUT2D eigenvalue weighted by Gasteiger charge is -2.40. The van der Waals surface area contributed by atoms with Crippen LogP contribution in [0, 0.1) is 0 Å². The number of pyridine rings is 1. The number of hydrogen-bond donors (Lipinski definition) is 1. The quantitative estimate of drug-likeness (QED) is 0.495. The first-order chi connectivity index (χ1) is 14.7. The summed E-state index contributed by atoms with van der Waals surface area (Å²) in [5.41, 5.74) is 4.64. The van der Waals surface area contributed by atoms with Gasteiger partial charge in [0.15, 0.2) is 11.1 Å². The Kier molecular flexibility index (Phi) is 4.98. The Morgan fingerprint density at radius 2 is 1.73 bits per heavy atom. The van der Waals surface area contributed by atoms with Crippen molar-refractivity contribution in [2.45, 2.75) is 11.7 Å². The fourth-order valence-corrected chi connectivity index (χ4v) is 4.32. The van der Waals surface area contributed by atoms with Gasteiger partial charge >= 0.3 is 0 Å². The first-order valence-electron chi connectivity index (χ1n) is 9.76. The molecule has 0 spiro atoms. The van der Waals surface area contributed by atoms with Gasteiger partial charge in [-0.3, -0.25) is 9.97 Å². The molecule has 0 amide bonds. The third-order valence-electron chi connectivity index (χ3n) is 5.42. The Morgan fingerprint density at radius 3 is 2.53 bits per heavy atom. The number of para-hydroxylation sites is 1. The number of anilines is 1. The van der Waals surface area contributed by atoms with Crippen LogP contribution in [0.2, 0.25) is 0 Å². The Labute approximate surface area is 176 Å². The minimum atomic E-state index is -1.84. The lowest BCUT2D eigenvalue weighted by molar-refractivity contribution is 0.509. The van der Waals surface area contributed by atoms with Crippen molar-refractivity contribution in [2.24, 2.45) is 0 Å². The van der Waals surface area contributed by atoms with Crippen LogP contribution in [-0.4, -0.2) is 36.8 Å². The summed E-state index contributed by atoms with van der Waals surface area (Å²) in [5, 5.41) is 1.14. The largest absolute Gasteiger partial charge is 0.355 e. The van der Waals surface area contributed by atoms with Gasteiger partial charge in [0.2, 0.25) is 0 Å². The molecule has 30 heavy (non-hydrogen) atoms. The van der Waals surface area contributed by atoms with Crippen LogP contribution in [0.15, 0.2) is 73.1 Å². The molecule has 0 radical (unpaired) electrons. The summed E-state index contributed by atoms with van der Waals surface area (Å²) in [6.07, 6.45) is 3.44. The zero-order valence-electron chi connectivity index (χ0n) is 16.2. The van der Waals surface area contributed by atoms with Gasteiger partial charge < -0.3 is 9.45 Å². The minimum absolute atomic E-state index is 0.129. The molecule has 5 rings (SSSR count). The Balaban J connectivity index is 1.35. The maximum Gasteiger partial charge on any atom is 0.157 e. The van der Waals surface area contributed by atoms with Gasteiger partial charge in [0.05, 0.1) is 22.7 Å². The van der Waals surface area contributed by atoms with Crippen LogP contribution < -0.4 is 4.90 Å². The van der Waals surface area contributed by atoms with E-state index in [-0.39, 0.29) is 11.7 Å². The van der Waals surface area contributed by atoms with Gasteiger partial charge in [0.1, 0.15) is 5.82 Å². The predicted octanol–water partition coefficient (Wildman–Crippen LogP) is 4.02. The molecule has 1 saturated heterocycles. The number of hydrogen-bond acceptors (Lipinski definition) is 5. The zero-order valence-corrected chi connectivity index (χ0v) is 17.0. The third-order valence-corrected chi connectivity index (χ3v) is 6.00. The van der Waals surface area contributed by atoms with Gasteiger partial charge in [-0.15, -0.1) is 0 Å². The molecule has 1 N–H and O–H groups in total. The molecule has 7 heteroatoms. The summed E-state index contributed by atoms with van der Waals surface area (Å²) in [7, 11) is 0. The van der Waals surface area contributed by atoms with E-state index < -0.39 is 11.1 Å². The van der Waals surface area contributed by atoms with E-state index in [2.05, 4.69) is 33.1 Å². The topological polar surface area (TPSA) is 79.2 Å². The van der Waals surface area contributed by atoms with Crippen LogP contribution in [0.3, 0.4) is 0 Å². The van der Waals surface area contributed by atoms with Crippen molar-refractivity contribution >= 4 is 27.8 Å². The summed E-state index contributed by atoms with van der Waals surface area (Å²) in [5.74, 6) is 1.40. The SMILES string of the molecule is O=S(O)Cc1ccc(-c2nccnc2C2CN(c3ccc4ccccc4n3)C2)cc1. The van der Waals surface area contributed by atoms with E-state index in [0.29, 0.717) is 0 Å². The van der Waals surface area contributed by atoms with Gasteiger partial charge in [0, 0.05) is 42.4 Å². The molecule has 0 saturated carbocycles. The second-order valence-corrected chi connectivity index (χ2v) is 8.35. The van der Waals surface area contributed by atoms with Crippen LogP contribution in [0.5, 0.6) is 0 Å². The fourth-order valence-electron chi connectivity index (χ4n) is 3.84. The highest BCUT2D eigenvalue weighted by Gasteiger charge is 2.32. The van der Waals surface area contributed by atoms with E-state index in [4.69, 9.17) is 9.54 Å². The second kappa shape index (κ2) is 7.93. The molecule has 150 valence electrons. The lowest BCUT2D eigenvalue weighted by atomic mass is 9.92. The Morgan fingerprint density at radius 1 is 0.967 bits per heavy atom. The van der Waals surface area contributed by atoms with Crippen LogP contribution >= 0.6 is 0 Å². The van der Waals surface area contributed by atoms with Crippen molar-refractivity contribution < 1.29 is 8.76 Å². The number of rotatable bonds is 5. The molecule has 1 aliphatic rings. The van der Waals surface area contributed by atoms with Gasteiger partial charge in [-0.25, -0.2) is 9.19 Å². The van der Waals surface area contributed by atoms with E-state index in [1.165, 1.54) is 0 Å². The number of nitrogens with zero attached hydrogens (tertiary/aromatic N) is 4. The molecular weight excluding hydrogens is 396 g/mol. The molecule has 1 unspecified atom stereocenters. The first-order valence-corrected chi connectivity index (χ1v) is 11.0. The number of fused-ring (bicyclic) bond motifs is 1. The highest BCUT2D eigenvalue weighted by molar-refractivity contribution is 7.78. The van der Waals surface area contributed by atoms with E-state index >= 15 is 0 Å². The van der Waals surface area contributed by atoms with Crippen molar-refractivity contribution in [1.29, 1.82) is 0 Å². The van der Waals surface area contributed by atoms with Crippen molar-refractivity contribution in [2.75, 3.05) is 18.0 Å². The summed E-state index contributed by atoms with van der Waals surface area (Å²) in [6, 6.07) is 19.9. The molecular formula is C23H20N4O2S. The zero-order chi connectivity index (χ0) is 20.5. The molecule has 1 aliphatic heterocycles. The average Bonchev–Trinajstić information content (AvgIpc) is 2.73. The van der Waals surface area contributed by atoms with Crippen LogP contribution in [0.25, 0.3) is 22.2 Å². The molecule has 2 aromatic carbocycles. The highest BCUT2D eigenvalue weighted by atomic mass is 32.2. The van der Waals surface area contributed by atoms with Crippen molar-refractivity contribution in [1.82, 2.24) is 15.0 Å². The average molecular weight is 417 g/mol. The van der Waals surface area contributed by atoms with E-state index in [9.17, 15) is 4.21 Å². The van der Waals surface area contributed by atoms with E-state index in [0.717, 1.165) is 52.3 Å². The monoisotopic (exact) mass is 416 g/mol. The molecule has 0 bridgehead atoms. The van der Waals surface area contributed by atoms with Crippen LogP contribution in [0.1, 0.15) is 17.2 Å². The highest BCUT2D eigenvalue weighted by Crippen LogP contribution is 2.34. The van der Waals surface area contributed by atoms with Gasteiger partial charge in [0.25, 0.3) is 0 Å². The Hall–Kier alpha value is -3.16. The second-order valence-electron chi connectivity index (χ2n) is 7.42. The summed E-state index contributed by atoms with van der Waals surface area (Å²) in [4.78, 5) is 16.2. The molecule has 4 aromatic rings. The molecule has 6 nitrogen and oxygen atoms in total. The van der Waals surface area contributed by atoms with Crippen molar-refractivity contribution in [3.63, 3.8) is 0 Å². The van der Waals surface area contributed by atoms with Crippen molar-refractivity contribution in [3.8, 4) is 11.3 Å².